The molecule has 0 aliphatic carbocycles. The molecule has 3 aromatic carbocycles. The van der Waals surface area contributed by atoms with Gasteiger partial charge < -0.3 is 9.80 Å². The highest BCUT2D eigenvalue weighted by molar-refractivity contribution is 6.11. The molecule has 0 spiro atoms. The van der Waals surface area contributed by atoms with Crippen molar-refractivity contribution in [1.82, 2.24) is 9.97 Å². The molecule has 5 aromatic rings. The number of nitrogens with zero attached hydrogens (tertiary/aromatic N) is 4. The van der Waals surface area contributed by atoms with E-state index in [4.69, 9.17) is 38.4 Å². The van der Waals surface area contributed by atoms with Gasteiger partial charge in [-0.25, -0.2) is 0 Å². The zero-order valence-corrected chi connectivity index (χ0v) is 17.8. The topological polar surface area (TPSA) is 32.3 Å². The van der Waals surface area contributed by atoms with Gasteiger partial charge in [0.15, 0.2) is 0 Å². The number of pyridine rings is 2. The number of hydrogen-bond acceptors (Lipinski definition) is 4. The van der Waals surface area contributed by atoms with E-state index in [-0.39, 0.29) is 9.80 Å². The first-order chi connectivity index (χ1) is 29.7. The monoisotopic (exact) mass is 500 g/mol. The van der Waals surface area contributed by atoms with E-state index < -0.39 is 192 Å². The summed E-state index contributed by atoms with van der Waals surface area (Å²) in [6, 6.07) is -14.2. The van der Waals surface area contributed by atoms with Crippen molar-refractivity contribution in [3.8, 4) is 22.3 Å². The lowest BCUT2D eigenvalue weighted by atomic mass is 9.96. The van der Waals surface area contributed by atoms with Gasteiger partial charge in [-0.3, -0.25) is 9.97 Å². The van der Waals surface area contributed by atoms with Crippen LogP contribution >= 0.6 is 0 Å². The molecular formula is C32H30N4. The van der Waals surface area contributed by atoms with E-state index in [0.29, 0.717) is 0 Å². The molecule has 4 heteroatoms. The molecule has 0 amide bonds. The van der Waals surface area contributed by atoms with E-state index in [2.05, 4.69) is 9.97 Å². The van der Waals surface area contributed by atoms with E-state index in [0.717, 1.165) is 0 Å². The van der Waals surface area contributed by atoms with Crippen molar-refractivity contribution in [3.05, 3.63) is 84.9 Å². The molecule has 0 atom stereocenters. The van der Waals surface area contributed by atoms with Crippen LogP contribution in [0.25, 0.3) is 44.1 Å². The fourth-order valence-corrected chi connectivity index (χ4v) is 3.54. The minimum absolute atomic E-state index is 0.205. The van der Waals surface area contributed by atoms with E-state index >= 15 is 0 Å². The fourth-order valence-electron chi connectivity index (χ4n) is 3.54. The lowest BCUT2D eigenvalue weighted by Crippen LogP contribution is -2.17. The first-order valence-corrected chi connectivity index (χ1v) is 10.2. The van der Waals surface area contributed by atoms with Gasteiger partial charge in [-0.15, -0.1) is 0 Å². The van der Waals surface area contributed by atoms with Gasteiger partial charge in [-0.1, -0.05) is 36.3 Å². The van der Waals surface area contributed by atoms with Crippen molar-refractivity contribution >= 4 is 33.2 Å². The summed E-state index contributed by atoms with van der Waals surface area (Å²) < 4.78 is 257. The maximum Gasteiger partial charge on any atom is 0.0970 e. The summed E-state index contributed by atoms with van der Waals surface area (Å²) in [4.78, 5) is 7.57. The highest BCUT2D eigenvalue weighted by atomic mass is 15.1. The van der Waals surface area contributed by atoms with Crippen molar-refractivity contribution in [2.75, 3.05) is 35.8 Å². The van der Waals surface area contributed by atoms with Gasteiger partial charge in [0.05, 0.1) is 30.2 Å². The van der Waals surface area contributed by atoms with E-state index in [1.54, 1.807) is 0 Å². The van der Waals surface area contributed by atoms with Crippen LogP contribution in [0.2, 0.25) is 0 Å². The Morgan fingerprint density at radius 2 is 0.917 bits per heavy atom. The number of anilines is 2. The Morgan fingerprint density at radius 1 is 0.528 bits per heavy atom. The van der Waals surface area contributed by atoms with Crippen LogP contribution in [0, 0.1) is 0 Å². The second-order valence-corrected chi connectivity index (χ2v) is 7.21. The Labute approximate surface area is 254 Å². The summed E-state index contributed by atoms with van der Waals surface area (Å²) in [5.41, 5.74) is -7.46. The predicted molar refractivity (Wildman–Crippen MR) is 151 cm³/mol. The Hall–Kier alpha value is -3.92. The van der Waals surface area contributed by atoms with Gasteiger partial charge in [0.25, 0.3) is 0 Å². The van der Waals surface area contributed by atoms with Gasteiger partial charge in [0.1, 0.15) is 0 Å². The van der Waals surface area contributed by atoms with Crippen molar-refractivity contribution in [1.29, 1.82) is 0 Å². The minimum Gasteiger partial charge on any atom is -0.372 e. The SMILES string of the molecule is [2H]c1nc2c(c([2H])c([2H])c3c(-c4c([2H])c([2H])c(N5C([2H])([2H])C([2H])([2H])C([2H])([2H])C5([2H])[2H])c([2H])c4[2H])c([2H])c([2H])nc32)c(-c2c([2H])c([2H])c(N3C([2H])([2H])C([2H])([2H])C([2H])([2H])C3([2H])[2H])c([2H])c2[2H])c1[2H]. The first kappa shape index (κ1) is 6.69. The lowest BCUT2D eigenvalue weighted by molar-refractivity contribution is 0.949. The van der Waals surface area contributed by atoms with Gasteiger partial charge in [0.2, 0.25) is 0 Å². The van der Waals surface area contributed by atoms with Gasteiger partial charge in [0, 0.05) is 82.4 Å². The molecule has 4 nitrogen and oxygen atoms in total. The summed E-state index contributed by atoms with van der Waals surface area (Å²) in [6.07, 6.45) is -16.8. The summed E-state index contributed by atoms with van der Waals surface area (Å²) in [5, 5.41) is -1.46. The second-order valence-electron chi connectivity index (χ2n) is 7.21. The molecular weight excluding hydrogens is 440 g/mol. The third-order valence-corrected chi connectivity index (χ3v) is 5.17. The smallest absolute Gasteiger partial charge is 0.0970 e. The Kier molecular flexibility index (Phi) is 1.66. The zero-order chi connectivity index (χ0) is 50.4. The average molecular weight is 501 g/mol. The van der Waals surface area contributed by atoms with Crippen LogP contribution in [0.4, 0.5) is 11.4 Å². The van der Waals surface area contributed by atoms with Gasteiger partial charge in [-0.05, 0) is 84.0 Å². The molecule has 0 N–H and O–H groups in total. The maximum absolute atomic E-state index is 9.19. The molecule has 7 rings (SSSR count). The Morgan fingerprint density at radius 3 is 1.31 bits per heavy atom. The van der Waals surface area contributed by atoms with Gasteiger partial charge >= 0.3 is 0 Å². The van der Waals surface area contributed by atoms with Gasteiger partial charge in [-0.2, -0.15) is 0 Å². The quantitative estimate of drug-likeness (QED) is 0.242. The number of aromatic nitrogens is 2. The first-order valence-electron chi connectivity index (χ1n) is 25.2. The van der Waals surface area contributed by atoms with Crippen LogP contribution < -0.4 is 9.80 Å². The molecule has 2 aliphatic rings. The third-order valence-electron chi connectivity index (χ3n) is 5.17. The highest BCUT2D eigenvalue weighted by Gasteiger charge is 2.15. The molecule has 178 valence electrons. The van der Waals surface area contributed by atoms with Crippen LogP contribution in [0.1, 0.15) is 66.6 Å². The summed E-state index contributed by atoms with van der Waals surface area (Å²) in [7, 11) is 0. The van der Waals surface area contributed by atoms with Crippen molar-refractivity contribution in [3.63, 3.8) is 0 Å². The molecule has 0 radical (unpaired) electrons. The Bertz CT molecular complexity index is 2710. The van der Waals surface area contributed by atoms with E-state index in [9.17, 15) is 2.74 Å². The van der Waals surface area contributed by atoms with Crippen LogP contribution in [0.15, 0.2) is 84.9 Å². The van der Waals surface area contributed by atoms with E-state index in [1.165, 1.54) is 0 Å². The molecule has 2 aliphatic heterocycles. The fraction of sp³-hybridized carbons (Fsp3) is 0.250. The van der Waals surface area contributed by atoms with E-state index in [1.807, 2.05) is 0 Å². The second kappa shape index (κ2) is 8.94. The number of rotatable bonds is 4. The average Bonchev–Trinajstić information content (AvgIpc) is 3.32. The number of hydrogen-bond donors (Lipinski definition) is 0. The minimum atomic E-state index is -3.67. The molecule has 0 unspecified atom stereocenters. The van der Waals surface area contributed by atoms with Crippen LogP contribution in [0.5, 0.6) is 0 Å². The van der Waals surface area contributed by atoms with Crippen molar-refractivity contribution < 1.29 is 41.1 Å². The molecule has 0 saturated carbocycles. The summed E-state index contributed by atoms with van der Waals surface area (Å²) >= 11 is 0. The summed E-state index contributed by atoms with van der Waals surface area (Å²) in [5.74, 6) is 0. The molecule has 36 heavy (non-hydrogen) atoms. The third kappa shape index (κ3) is 3.69. The molecule has 0 bridgehead atoms. The van der Waals surface area contributed by atoms with Crippen LogP contribution in [0.3, 0.4) is 0 Å². The zero-order valence-electron chi connectivity index (χ0n) is 47.8. The molecule has 2 aromatic heterocycles. The molecule has 2 saturated heterocycles. The Balaban J connectivity index is 1.57. The standard InChI is InChI=1S/C32H30N4/c1-2-20-35(19-1)25-9-5-23(6-10-25)27-15-17-33-31-29(27)13-14-30-28(16-18-34-32(30)31)24-7-11-26(12-8-24)36-21-3-4-22-36/h5-18H,1-4,19-22H2/i1D2,2D2,3D2,4D2,5D,6D,7D,8D,9D,10D,11D,12D,13D,14D,15D,16D,17D,18D,19D2,20D2,21D2,22D2. The highest BCUT2D eigenvalue weighted by Crippen LogP contribution is 2.36. The van der Waals surface area contributed by atoms with Crippen LogP contribution in [-0.4, -0.2) is 36.0 Å². The molecule has 2 fully saturated rings. The number of benzene rings is 3. The van der Waals surface area contributed by atoms with Crippen molar-refractivity contribution in [2.45, 2.75) is 25.5 Å². The maximum atomic E-state index is 9.19. The largest absolute Gasteiger partial charge is 0.372 e. The lowest BCUT2D eigenvalue weighted by Gasteiger charge is -2.18. The summed E-state index contributed by atoms with van der Waals surface area (Å²) in [6.45, 7) is -14.7. The number of fused-ring (bicyclic) bond motifs is 3. The normalized spacial score (nSPS) is 39.1. The molecule has 4 heterocycles. The van der Waals surface area contributed by atoms with Crippen molar-refractivity contribution in [2.24, 2.45) is 0 Å². The predicted octanol–water partition coefficient (Wildman–Crippen LogP) is 7.32. The van der Waals surface area contributed by atoms with Crippen LogP contribution in [-0.2, 0) is 0 Å².